The molecule has 1 N–H and O–H groups in total. The molecule has 0 aliphatic heterocycles. The van der Waals surface area contributed by atoms with Crippen molar-refractivity contribution in [3.63, 3.8) is 0 Å². The summed E-state index contributed by atoms with van der Waals surface area (Å²) in [5, 5.41) is 12.4. The molecule has 0 unspecified atom stereocenters. The fourth-order valence-corrected chi connectivity index (χ4v) is 3.00. The van der Waals surface area contributed by atoms with Gasteiger partial charge in [0, 0.05) is 6.04 Å². The maximum absolute atomic E-state index is 12.4. The van der Waals surface area contributed by atoms with Gasteiger partial charge in [-0.05, 0) is 49.8 Å². The van der Waals surface area contributed by atoms with E-state index in [4.69, 9.17) is 0 Å². The van der Waals surface area contributed by atoms with Crippen LogP contribution in [0.3, 0.4) is 0 Å². The standard InChI is InChI=1S/C19H24N2O/c1-13-8-9-14(2)16(10-13)11-17(12-20)19(22)21-18-7-5-4-6-15(18)3/h8-11,15,18H,4-7H2,1-3H3,(H,21,22)/b17-11+/t15-,18-/m1/s1. The maximum atomic E-state index is 12.4. The molecule has 116 valence electrons. The lowest BCUT2D eigenvalue weighted by molar-refractivity contribution is -0.118. The number of rotatable bonds is 3. The summed E-state index contributed by atoms with van der Waals surface area (Å²) in [7, 11) is 0. The fourth-order valence-electron chi connectivity index (χ4n) is 3.00. The van der Waals surface area contributed by atoms with Crippen LogP contribution >= 0.6 is 0 Å². The summed E-state index contributed by atoms with van der Waals surface area (Å²) in [5.41, 5.74) is 3.31. The number of hydrogen-bond donors (Lipinski definition) is 1. The van der Waals surface area contributed by atoms with Crippen LogP contribution in [0.1, 0.15) is 49.3 Å². The third-order valence-corrected chi connectivity index (χ3v) is 4.53. The summed E-state index contributed by atoms with van der Waals surface area (Å²) < 4.78 is 0. The first kappa shape index (κ1) is 16.3. The van der Waals surface area contributed by atoms with Crippen LogP contribution in [0, 0.1) is 31.1 Å². The number of nitrogens with one attached hydrogen (secondary N) is 1. The highest BCUT2D eigenvalue weighted by Gasteiger charge is 2.24. The average molecular weight is 296 g/mol. The molecule has 0 spiro atoms. The van der Waals surface area contributed by atoms with Gasteiger partial charge in [-0.1, -0.05) is 43.5 Å². The van der Waals surface area contributed by atoms with E-state index in [0.717, 1.165) is 36.0 Å². The molecule has 3 nitrogen and oxygen atoms in total. The number of nitriles is 1. The van der Waals surface area contributed by atoms with Crippen LogP contribution in [0.15, 0.2) is 23.8 Å². The Labute approximate surface area is 133 Å². The van der Waals surface area contributed by atoms with Crippen LogP contribution < -0.4 is 5.32 Å². The van der Waals surface area contributed by atoms with Gasteiger partial charge in [-0.15, -0.1) is 0 Å². The Hall–Kier alpha value is -2.08. The van der Waals surface area contributed by atoms with Crippen LogP contribution in [0.4, 0.5) is 0 Å². The lowest BCUT2D eigenvalue weighted by Gasteiger charge is -2.29. The van der Waals surface area contributed by atoms with Crippen LogP contribution in [0.5, 0.6) is 0 Å². The lowest BCUT2D eigenvalue weighted by Crippen LogP contribution is -2.41. The number of benzene rings is 1. The molecule has 2 rings (SSSR count). The van der Waals surface area contributed by atoms with E-state index in [9.17, 15) is 10.1 Å². The first-order chi connectivity index (χ1) is 10.5. The first-order valence-corrected chi connectivity index (χ1v) is 8.01. The predicted molar refractivity (Wildman–Crippen MR) is 89.1 cm³/mol. The summed E-state index contributed by atoms with van der Waals surface area (Å²) in [6.07, 6.45) is 6.24. The number of amides is 1. The number of carbonyl (C=O) groups excluding carboxylic acids is 1. The van der Waals surface area contributed by atoms with Gasteiger partial charge >= 0.3 is 0 Å². The number of aryl methyl sites for hydroxylation is 2. The smallest absolute Gasteiger partial charge is 0.262 e. The van der Waals surface area contributed by atoms with Crippen LogP contribution in [-0.4, -0.2) is 11.9 Å². The molecule has 0 saturated heterocycles. The van der Waals surface area contributed by atoms with Gasteiger partial charge in [0.15, 0.2) is 0 Å². The van der Waals surface area contributed by atoms with Crippen molar-refractivity contribution in [3.8, 4) is 6.07 Å². The van der Waals surface area contributed by atoms with Gasteiger partial charge < -0.3 is 5.32 Å². The van der Waals surface area contributed by atoms with Crippen LogP contribution in [0.2, 0.25) is 0 Å². The molecule has 22 heavy (non-hydrogen) atoms. The second kappa shape index (κ2) is 7.26. The topological polar surface area (TPSA) is 52.9 Å². The minimum Gasteiger partial charge on any atom is -0.348 e. The molecule has 1 aromatic carbocycles. The van der Waals surface area contributed by atoms with Gasteiger partial charge in [-0.25, -0.2) is 0 Å². The Morgan fingerprint density at radius 3 is 2.73 bits per heavy atom. The summed E-state index contributed by atoms with van der Waals surface area (Å²) in [4.78, 5) is 12.4. The highest BCUT2D eigenvalue weighted by atomic mass is 16.1. The molecule has 2 atom stereocenters. The minimum atomic E-state index is -0.248. The van der Waals surface area contributed by atoms with Crippen molar-refractivity contribution in [2.45, 2.75) is 52.5 Å². The molecule has 0 bridgehead atoms. The summed E-state index contributed by atoms with van der Waals surface area (Å²) in [6, 6.07) is 8.29. The van der Waals surface area contributed by atoms with E-state index >= 15 is 0 Å². The normalized spacial score (nSPS) is 22.0. The van der Waals surface area contributed by atoms with Crippen molar-refractivity contribution >= 4 is 12.0 Å². The highest BCUT2D eigenvalue weighted by Crippen LogP contribution is 2.24. The van der Waals surface area contributed by atoms with Gasteiger partial charge in [-0.3, -0.25) is 4.79 Å². The van der Waals surface area contributed by atoms with Crippen molar-refractivity contribution in [2.24, 2.45) is 5.92 Å². The highest BCUT2D eigenvalue weighted by molar-refractivity contribution is 6.02. The molecule has 1 saturated carbocycles. The number of nitrogens with zero attached hydrogens (tertiary/aromatic N) is 1. The molecular formula is C19H24N2O. The van der Waals surface area contributed by atoms with Gasteiger partial charge in [-0.2, -0.15) is 5.26 Å². The third-order valence-electron chi connectivity index (χ3n) is 4.53. The maximum Gasteiger partial charge on any atom is 0.262 e. The minimum absolute atomic E-state index is 0.187. The zero-order valence-electron chi connectivity index (χ0n) is 13.6. The van der Waals surface area contributed by atoms with Crippen LogP contribution in [-0.2, 0) is 4.79 Å². The summed E-state index contributed by atoms with van der Waals surface area (Å²) in [5.74, 6) is 0.237. The zero-order chi connectivity index (χ0) is 16.1. The molecule has 1 aromatic rings. The molecule has 3 heteroatoms. The van der Waals surface area contributed by atoms with E-state index in [-0.39, 0.29) is 17.5 Å². The summed E-state index contributed by atoms with van der Waals surface area (Å²) in [6.45, 7) is 6.17. The fraction of sp³-hybridized carbons (Fsp3) is 0.474. The van der Waals surface area contributed by atoms with Crippen molar-refractivity contribution in [1.82, 2.24) is 5.32 Å². The van der Waals surface area contributed by atoms with E-state index in [0.29, 0.717) is 5.92 Å². The van der Waals surface area contributed by atoms with E-state index in [2.05, 4.69) is 18.3 Å². The quantitative estimate of drug-likeness (QED) is 0.679. The summed E-state index contributed by atoms with van der Waals surface area (Å²) >= 11 is 0. The Morgan fingerprint density at radius 2 is 2.05 bits per heavy atom. The number of carbonyl (C=O) groups is 1. The Balaban J connectivity index is 2.16. The van der Waals surface area contributed by atoms with Crippen LogP contribution in [0.25, 0.3) is 6.08 Å². The molecular weight excluding hydrogens is 272 g/mol. The molecule has 0 aromatic heterocycles. The number of hydrogen-bond acceptors (Lipinski definition) is 2. The second-order valence-electron chi connectivity index (χ2n) is 6.37. The molecule has 0 radical (unpaired) electrons. The molecule has 1 fully saturated rings. The molecule has 1 amide bonds. The van der Waals surface area contributed by atoms with E-state index in [1.165, 1.54) is 6.42 Å². The predicted octanol–water partition coefficient (Wildman–Crippen LogP) is 3.91. The van der Waals surface area contributed by atoms with Crippen molar-refractivity contribution < 1.29 is 4.79 Å². The largest absolute Gasteiger partial charge is 0.348 e. The SMILES string of the molecule is Cc1ccc(C)c(/C=C(\C#N)C(=O)N[C@@H]2CCCC[C@H]2C)c1. The second-order valence-corrected chi connectivity index (χ2v) is 6.37. The van der Waals surface area contributed by atoms with Crippen molar-refractivity contribution in [1.29, 1.82) is 5.26 Å². The average Bonchev–Trinajstić information content (AvgIpc) is 2.50. The van der Waals surface area contributed by atoms with Gasteiger partial charge in [0.2, 0.25) is 0 Å². The first-order valence-electron chi connectivity index (χ1n) is 8.01. The molecule has 1 aliphatic rings. The lowest BCUT2D eigenvalue weighted by atomic mass is 9.86. The zero-order valence-corrected chi connectivity index (χ0v) is 13.6. The monoisotopic (exact) mass is 296 g/mol. The van der Waals surface area contributed by atoms with Gasteiger partial charge in [0.05, 0.1) is 0 Å². The molecule has 0 heterocycles. The van der Waals surface area contributed by atoms with E-state index < -0.39 is 0 Å². The van der Waals surface area contributed by atoms with Gasteiger partial charge in [0.25, 0.3) is 5.91 Å². The Kier molecular flexibility index (Phi) is 5.38. The van der Waals surface area contributed by atoms with E-state index in [1.807, 2.05) is 32.0 Å². The van der Waals surface area contributed by atoms with Crippen molar-refractivity contribution in [2.75, 3.05) is 0 Å². The Morgan fingerprint density at radius 1 is 1.32 bits per heavy atom. The molecule has 1 aliphatic carbocycles. The van der Waals surface area contributed by atoms with E-state index in [1.54, 1.807) is 6.08 Å². The van der Waals surface area contributed by atoms with Crippen molar-refractivity contribution in [3.05, 3.63) is 40.5 Å². The van der Waals surface area contributed by atoms with Gasteiger partial charge in [0.1, 0.15) is 11.6 Å². The third kappa shape index (κ3) is 3.98. The Bertz CT molecular complexity index is 625.